The summed E-state index contributed by atoms with van der Waals surface area (Å²) in [5.74, 6) is 0.298. The van der Waals surface area contributed by atoms with Crippen molar-refractivity contribution in [2.24, 2.45) is 5.92 Å². The zero-order chi connectivity index (χ0) is 24.4. The molecular weight excluding hydrogens is 440 g/mol. The van der Waals surface area contributed by atoms with Crippen molar-refractivity contribution < 1.29 is 14.3 Å². The number of hydrogen-bond acceptors (Lipinski definition) is 4. The van der Waals surface area contributed by atoms with Gasteiger partial charge in [-0.15, -0.1) is 0 Å². The SMILES string of the molecule is CC(C)c1ccc(NC(=O)C2CCN(C(=O)c3ncn4c3CO[C@H](c3ccccc3)C4)CC2)cc1. The molecule has 2 aliphatic heterocycles. The normalized spacial score (nSPS) is 18.4. The van der Waals surface area contributed by atoms with Crippen LogP contribution in [0.25, 0.3) is 0 Å². The second-order valence-corrected chi connectivity index (χ2v) is 9.73. The van der Waals surface area contributed by atoms with Gasteiger partial charge in [-0.2, -0.15) is 0 Å². The lowest BCUT2D eigenvalue weighted by Gasteiger charge is -2.31. The first kappa shape index (κ1) is 23.3. The van der Waals surface area contributed by atoms with E-state index < -0.39 is 0 Å². The molecule has 7 nitrogen and oxygen atoms in total. The maximum atomic E-state index is 13.2. The number of nitrogens with zero attached hydrogens (tertiary/aromatic N) is 3. The summed E-state index contributed by atoms with van der Waals surface area (Å²) in [4.78, 5) is 32.3. The van der Waals surface area contributed by atoms with Crippen LogP contribution >= 0.6 is 0 Å². The van der Waals surface area contributed by atoms with Crippen LogP contribution in [0.3, 0.4) is 0 Å². The van der Waals surface area contributed by atoms with Crippen LogP contribution in [-0.4, -0.2) is 39.4 Å². The van der Waals surface area contributed by atoms with Crippen molar-refractivity contribution in [3.05, 3.63) is 83.4 Å². The zero-order valence-corrected chi connectivity index (χ0v) is 20.3. The van der Waals surface area contributed by atoms with Crippen LogP contribution in [0.2, 0.25) is 0 Å². The first-order chi connectivity index (χ1) is 17.0. The molecule has 2 aliphatic rings. The van der Waals surface area contributed by atoms with Crippen molar-refractivity contribution in [3.63, 3.8) is 0 Å². The molecule has 1 N–H and O–H groups in total. The highest BCUT2D eigenvalue weighted by molar-refractivity contribution is 5.95. The number of imidazole rings is 1. The minimum atomic E-state index is -0.102. The third kappa shape index (κ3) is 5.00. The van der Waals surface area contributed by atoms with Crippen molar-refractivity contribution >= 4 is 17.5 Å². The van der Waals surface area contributed by atoms with E-state index >= 15 is 0 Å². The summed E-state index contributed by atoms with van der Waals surface area (Å²) >= 11 is 0. The number of benzene rings is 2. The Balaban J connectivity index is 1.16. The lowest BCUT2D eigenvalue weighted by molar-refractivity contribution is -0.121. The largest absolute Gasteiger partial charge is 0.365 e. The molecule has 0 radical (unpaired) electrons. The predicted octanol–water partition coefficient (Wildman–Crippen LogP) is 4.77. The zero-order valence-electron chi connectivity index (χ0n) is 20.3. The quantitative estimate of drug-likeness (QED) is 0.580. The highest BCUT2D eigenvalue weighted by Crippen LogP contribution is 2.29. The van der Waals surface area contributed by atoms with Crippen LogP contribution in [0.1, 0.15) is 66.0 Å². The Morgan fingerprint density at radius 3 is 2.43 bits per heavy atom. The Hall–Kier alpha value is -3.45. The van der Waals surface area contributed by atoms with E-state index in [1.54, 1.807) is 6.33 Å². The van der Waals surface area contributed by atoms with Crippen molar-refractivity contribution in [1.29, 1.82) is 0 Å². The fourth-order valence-electron chi connectivity index (χ4n) is 4.87. The van der Waals surface area contributed by atoms with E-state index in [-0.39, 0.29) is 23.8 Å². The van der Waals surface area contributed by atoms with E-state index in [0.717, 1.165) is 16.9 Å². The number of nitrogens with one attached hydrogen (secondary N) is 1. The van der Waals surface area contributed by atoms with Gasteiger partial charge in [0.05, 0.1) is 25.2 Å². The molecule has 1 fully saturated rings. The molecule has 5 rings (SSSR count). The molecule has 2 amide bonds. The molecule has 2 aromatic carbocycles. The number of aromatic nitrogens is 2. The van der Waals surface area contributed by atoms with Gasteiger partial charge in [0.25, 0.3) is 5.91 Å². The van der Waals surface area contributed by atoms with E-state index in [1.165, 1.54) is 5.56 Å². The van der Waals surface area contributed by atoms with E-state index in [1.807, 2.05) is 39.8 Å². The fraction of sp³-hybridized carbons (Fsp3) is 0.393. The average Bonchev–Trinajstić information content (AvgIpc) is 3.32. The van der Waals surface area contributed by atoms with Gasteiger partial charge >= 0.3 is 0 Å². The fourth-order valence-corrected chi connectivity index (χ4v) is 4.87. The molecule has 0 unspecified atom stereocenters. The number of likely N-dealkylation sites (tertiary alicyclic amines) is 1. The summed E-state index contributed by atoms with van der Waals surface area (Å²) in [5.41, 5.74) is 4.47. The molecule has 0 aliphatic carbocycles. The topological polar surface area (TPSA) is 76.5 Å². The van der Waals surface area contributed by atoms with Crippen LogP contribution in [-0.2, 0) is 22.7 Å². The molecule has 182 valence electrons. The average molecular weight is 473 g/mol. The van der Waals surface area contributed by atoms with Gasteiger partial charge in [0.15, 0.2) is 5.69 Å². The second kappa shape index (κ2) is 10.0. The van der Waals surface area contributed by atoms with Crippen molar-refractivity contribution in [3.8, 4) is 0 Å². The number of ether oxygens (including phenoxy) is 1. The molecule has 0 spiro atoms. The molecule has 0 saturated carbocycles. The number of piperidine rings is 1. The monoisotopic (exact) mass is 472 g/mol. The molecule has 1 aromatic heterocycles. The minimum Gasteiger partial charge on any atom is -0.365 e. The van der Waals surface area contributed by atoms with Crippen LogP contribution in [0.15, 0.2) is 60.9 Å². The Morgan fingerprint density at radius 1 is 1.03 bits per heavy atom. The predicted molar refractivity (Wildman–Crippen MR) is 134 cm³/mol. The first-order valence-electron chi connectivity index (χ1n) is 12.4. The Labute approximate surface area is 206 Å². The molecular formula is C28H32N4O3. The summed E-state index contributed by atoms with van der Waals surface area (Å²) < 4.78 is 8.09. The maximum Gasteiger partial charge on any atom is 0.274 e. The van der Waals surface area contributed by atoms with Crippen LogP contribution < -0.4 is 5.32 Å². The minimum absolute atomic E-state index is 0.0223. The number of fused-ring (bicyclic) bond motifs is 1. The van der Waals surface area contributed by atoms with Gasteiger partial charge in [0.1, 0.15) is 6.10 Å². The lowest BCUT2D eigenvalue weighted by Crippen LogP contribution is -2.42. The number of carbonyl (C=O) groups is 2. The van der Waals surface area contributed by atoms with Gasteiger partial charge in [0.2, 0.25) is 5.91 Å². The van der Waals surface area contributed by atoms with E-state index in [2.05, 4.69) is 48.4 Å². The maximum absolute atomic E-state index is 13.2. The lowest BCUT2D eigenvalue weighted by atomic mass is 9.95. The number of hydrogen-bond donors (Lipinski definition) is 1. The van der Waals surface area contributed by atoms with E-state index in [0.29, 0.717) is 50.7 Å². The van der Waals surface area contributed by atoms with Crippen LogP contribution in [0, 0.1) is 5.92 Å². The van der Waals surface area contributed by atoms with Crippen LogP contribution in [0.4, 0.5) is 5.69 Å². The van der Waals surface area contributed by atoms with Crippen LogP contribution in [0.5, 0.6) is 0 Å². The second-order valence-electron chi connectivity index (χ2n) is 9.73. The molecule has 7 heteroatoms. The van der Waals surface area contributed by atoms with Gasteiger partial charge in [0, 0.05) is 24.7 Å². The highest BCUT2D eigenvalue weighted by Gasteiger charge is 2.32. The van der Waals surface area contributed by atoms with E-state index in [9.17, 15) is 9.59 Å². The van der Waals surface area contributed by atoms with Gasteiger partial charge < -0.3 is 19.5 Å². The van der Waals surface area contributed by atoms with Gasteiger partial charge in [-0.1, -0.05) is 56.3 Å². The molecule has 1 saturated heterocycles. The first-order valence-corrected chi connectivity index (χ1v) is 12.4. The number of anilines is 1. The Bertz CT molecular complexity index is 1180. The summed E-state index contributed by atoms with van der Waals surface area (Å²) in [6.45, 7) is 6.38. The van der Waals surface area contributed by atoms with Crippen molar-refractivity contribution in [2.45, 2.75) is 51.9 Å². The van der Waals surface area contributed by atoms with Crippen molar-refractivity contribution in [2.75, 3.05) is 18.4 Å². The summed E-state index contributed by atoms with van der Waals surface area (Å²) in [5, 5.41) is 3.03. The highest BCUT2D eigenvalue weighted by atomic mass is 16.5. The standard InChI is InChI=1S/C28H32N4O3/c1-19(2)20-8-10-23(11-9-20)30-27(33)22-12-14-31(15-13-22)28(34)26-24-17-35-25(16-32(24)18-29-26)21-6-4-3-5-7-21/h3-11,18-19,22,25H,12-17H2,1-2H3,(H,30,33)/t25-/m0/s1. The summed E-state index contributed by atoms with van der Waals surface area (Å²) in [6, 6.07) is 18.1. The molecule has 1 atom stereocenters. The van der Waals surface area contributed by atoms with Gasteiger partial charge in [-0.3, -0.25) is 9.59 Å². The summed E-state index contributed by atoms with van der Waals surface area (Å²) in [7, 11) is 0. The molecule has 3 aromatic rings. The number of carbonyl (C=O) groups excluding carboxylic acids is 2. The van der Waals surface area contributed by atoms with Crippen molar-refractivity contribution in [1.82, 2.24) is 14.5 Å². The molecule has 35 heavy (non-hydrogen) atoms. The Kier molecular flexibility index (Phi) is 6.68. The number of rotatable bonds is 5. The Morgan fingerprint density at radius 2 is 1.74 bits per heavy atom. The number of amides is 2. The van der Waals surface area contributed by atoms with Gasteiger partial charge in [-0.25, -0.2) is 4.98 Å². The molecule has 0 bridgehead atoms. The third-order valence-electron chi connectivity index (χ3n) is 7.10. The van der Waals surface area contributed by atoms with Gasteiger partial charge in [-0.05, 0) is 42.0 Å². The smallest absolute Gasteiger partial charge is 0.274 e. The molecule has 3 heterocycles. The summed E-state index contributed by atoms with van der Waals surface area (Å²) in [6.07, 6.45) is 2.98. The third-order valence-corrected chi connectivity index (χ3v) is 7.10. The van der Waals surface area contributed by atoms with E-state index in [4.69, 9.17) is 4.74 Å².